The second-order valence-electron chi connectivity index (χ2n) is 6.30. The third kappa shape index (κ3) is 3.18. The molecule has 2 aromatic carbocycles. The average Bonchev–Trinajstić information content (AvgIpc) is 2.66. The SMILES string of the molecule is COC(=O)c1ccc(-c2cccc(C3C(=O)N(C)C(N)=NC3C)c2)cc1. The first kappa shape index (κ1) is 17.7. The van der Waals surface area contributed by atoms with Crippen LogP contribution in [0.3, 0.4) is 0 Å². The zero-order valence-electron chi connectivity index (χ0n) is 15.0. The summed E-state index contributed by atoms with van der Waals surface area (Å²) in [5, 5.41) is 0. The van der Waals surface area contributed by atoms with Crippen LogP contribution in [0.4, 0.5) is 0 Å². The van der Waals surface area contributed by atoms with Crippen molar-refractivity contribution in [2.45, 2.75) is 18.9 Å². The Morgan fingerprint density at radius 1 is 1.15 bits per heavy atom. The molecule has 0 spiro atoms. The minimum absolute atomic E-state index is 0.0665. The molecule has 6 nitrogen and oxygen atoms in total. The van der Waals surface area contributed by atoms with E-state index in [2.05, 4.69) is 4.99 Å². The van der Waals surface area contributed by atoms with E-state index < -0.39 is 0 Å². The van der Waals surface area contributed by atoms with Crippen molar-refractivity contribution in [1.29, 1.82) is 0 Å². The summed E-state index contributed by atoms with van der Waals surface area (Å²) in [6.07, 6.45) is 0. The summed E-state index contributed by atoms with van der Waals surface area (Å²) in [6.45, 7) is 1.89. The van der Waals surface area contributed by atoms with E-state index in [0.717, 1.165) is 16.7 Å². The molecular formula is C20H21N3O3. The predicted molar refractivity (Wildman–Crippen MR) is 99.8 cm³/mol. The van der Waals surface area contributed by atoms with Crippen molar-refractivity contribution >= 4 is 17.8 Å². The van der Waals surface area contributed by atoms with E-state index in [9.17, 15) is 9.59 Å². The topological polar surface area (TPSA) is 85.0 Å². The molecule has 1 aliphatic heterocycles. The van der Waals surface area contributed by atoms with Gasteiger partial charge in [-0.05, 0) is 35.7 Å². The van der Waals surface area contributed by atoms with Gasteiger partial charge in [-0.15, -0.1) is 0 Å². The fourth-order valence-corrected chi connectivity index (χ4v) is 3.15. The van der Waals surface area contributed by atoms with Crippen LogP contribution in [0.15, 0.2) is 53.5 Å². The zero-order valence-corrected chi connectivity index (χ0v) is 15.0. The number of benzene rings is 2. The molecule has 6 heteroatoms. The largest absolute Gasteiger partial charge is 0.465 e. The quantitative estimate of drug-likeness (QED) is 0.861. The Balaban J connectivity index is 1.94. The number of nitrogens with zero attached hydrogens (tertiary/aromatic N) is 2. The summed E-state index contributed by atoms with van der Waals surface area (Å²) in [4.78, 5) is 30.0. The van der Waals surface area contributed by atoms with Gasteiger partial charge in [0.1, 0.15) is 0 Å². The van der Waals surface area contributed by atoms with Crippen molar-refractivity contribution in [3.63, 3.8) is 0 Å². The number of esters is 1. The van der Waals surface area contributed by atoms with Gasteiger partial charge in [-0.25, -0.2) is 9.79 Å². The molecule has 0 saturated carbocycles. The molecule has 2 atom stereocenters. The van der Waals surface area contributed by atoms with Gasteiger partial charge in [0.25, 0.3) is 0 Å². The normalized spacial score (nSPS) is 19.9. The number of nitrogens with two attached hydrogens (primary N) is 1. The number of guanidine groups is 1. The lowest BCUT2D eigenvalue weighted by atomic mass is 9.88. The highest BCUT2D eigenvalue weighted by molar-refractivity contribution is 6.01. The summed E-state index contributed by atoms with van der Waals surface area (Å²) >= 11 is 0. The van der Waals surface area contributed by atoms with Crippen molar-refractivity contribution in [3.8, 4) is 11.1 Å². The van der Waals surface area contributed by atoms with Gasteiger partial charge >= 0.3 is 5.97 Å². The van der Waals surface area contributed by atoms with Crippen molar-refractivity contribution < 1.29 is 14.3 Å². The first-order chi connectivity index (χ1) is 12.4. The van der Waals surface area contributed by atoms with Gasteiger partial charge in [0, 0.05) is 7.05 Å². The maximum absolute atomic E-state index is 12.7. The Kier molecular flexibility index (Phi) is 4.75. The van der Waals surface area contributed by atoms with Crippen LogP contribution in [0.5, 0.6) is 0 Å². The van der Waals surface area contributed by atoms with Crippen LogP contribution >= 0.6 is 0 Å². The standard InChI is InChI=1S/C20H21N3O3/c1-12-17(18(24)23(2)20(21)22-12)16-6-4-5-15(11-16)13-7-9-14(10-8-13)19(25)26-3/h4-12,17H,1-3H3,(H2,21,22). The van der Waals surface area contributed by atoms with E-state index in [1.165, 1.54) is 12.0 Å². The molecule has 0 bridgehead atoms. The fourth-order valence-electron chi connectivity index (χ4n) is 3.15. The lowest BCUT2D eigenvalue weighted by Gasteiger charge is -2.31. The summed E-state index contributed by atoms with van der Waals surface area (Å²) in [6, 6.07) is 14.7. The van der Waals surface area contributed by atoms with Gasteiger partial charge in [-0.3, -0.25) is 9.69 Å². The van der Waals surface area contributed by atoms with Crippen molar-refractivity contribution in [2.75, 3.05) is 14.2 Å². The Hall–Kier alpha value is -3.15. The molecule has 1 heterocycles. The summed E-state index contributed by atoms with van der Waals surface area (Å²) < 4.78 is 4.72. The molecule has 26 heavy (non-hydrogen) atoms. The Morgan fingerprint density at radius 3 is 2.50 bits per heavy atom. The molecule has 0 saturated heterocycles. The van der Waals surface area contributed by atoms with E-state index in [4.69, 9.17) is 10.5 Å². The molecule has 0 radical (unpaired) electrons. The summed E-state index contributed by atoms with van der Waals surface area (Å²) in [7, 11) is 2.99. The molecule has 2 aromatic rings. The van der Waals surface area contributed by atoms with Gasteiger partial charge in [0.05, 0.1) is 24.6 Å². The zero-order chi connectivity index (χ0) is 18.8. The minimum atomic E-state index is -0.374. The molecule has 134 valence electrons. The van der Waals surface area contributed by atoms with E-state index in [1.54, 1.807) is 19.2 Å². The molecule has 0 fully saturated rings. The first-order valence-corrected chi connectivity index (χ1v) is 8.32. The van der Waals surface area contributed by atoms with Crippen LogP contribution in [0.2, 0.25) is 0 Å². The Bertz CT molecular complexity index is 874. The van der Waals surface area contributed by atoms with Crippen LogP contribution in [-0.2, 0) is 9.53 Å². The molecule has 2 unspecified atom stereocenters. The lowest BCUT2D eigenvalue weighted by Crippen LogP contribution is -2.48. The summed E-state index contributed by atoms with van der Waals surface area (Å²) in [5.41, 5.74) is 9.08. The predicted octanol–water partition coefficient (Wildman–Crippen LogP) is 2.40. The van der Waals surface area contributed by atoms with Crippen molar-refractivity contribution in [3.05, 3.63) is 59.7 Å². The van der Waals surface area contributed by atoms with Crippen molar-refractivity contribution in [2.24, 2.45) is 10.7 Å². The van der Waals surface area contributed by atoms with Crippen LogP contribution in [0, 0.1) is 0 Å². The van der Waals surface area contributed by atoms with E-state index >= 15 is 0 Å². The highest BCUT2D eigenvalue weighted by Crippen LogP contribution is 2.30. The number of methoxy groups -OCH3 is 1. The van der Waals surface area contributed by atoms with Crippen LogP contribution in [-0.4, -0.2) is 42.9 Å². The van der Waals surface area contributed by atoms with Crippen molar-refractivity contribution in [1.82, 2.24) is 4.90 Å². The molecule has 1 amide bonds. The van der Waals surface area contributed by atoms with Gasteiger partial charge < -0.3 is 10.5 Å². The maximum Gasteiger partial charge on any atom is 0.337 e. The summed E-state index contributed by atoms with van der Waals surface area (Å²) in [5.74, 6) is -0.566. The number of aliphatic imine (C=N–C) groups is 1. The Morgan fingerprint density at radius 2 is 1.85 bits per heavy atom. The second-order valence-corrected chi connectivity index (χ2v) is 6.30. The number of hydrogen-bond donors (Lipinski definition) is 1. The molecule has 0 aromatic heterocycles. The van der Waals surface area contributed by atoms with Crippen LogP contribution in [0.1, 0.15) is 28.8 Å². The number of carbonyl (C=O) groups excluding carboxylic acids is 2. The molecule has 3 rings (SSSR count). The number of rotatable bonds is 3. The highest BCUT2D eigenvalue weighted by atomic mass is 16.5. The van der Waals surface area contributed by atoms with Gasteiger partial charge in [-0.2, -0.15) is 0 Å². The first-order valence-electron chi connectivity index (χ1n) is 8.32. The van der Waals surface area contributed by atoms with Gasteiger partial charge in [-0.1, -0.05) is 36.4 Å². The molecule has 1 aliphatic rings. The third-order valence-electron chi connectivity index (χ3n) is 4.64. The van der Waals surface area contributed by atoms with Crippen LogP contribution in [0.25, 0.3) is 11.1 Å². The monoisotopic (exact) mass is 351 g/mol. The smallest absolute Gasteiger partial charge is 0.337 e. The van der Waals surface area contributed by atoms with E-state index in [-0.39, 0.29) is 29.8 Å². The molecular weight excluding hydrogens is 330 g/mol. The highest BCUT2D eigenvalue weighted by Gasteiger charge is 2.34. The van der Waals surface area contributed by atoms with E-state index in [1.807, 2.05) is 43.3 Å². The average molecular weight is 351 g/mol. The maximum atomic E-state index is 12.7. The number of carbonyl (C=O) groups is 2. The fraction of sp³-hybridized carbons (Fsp3) is 0.250. The van der Waals surface area contributed by atoms with E-state index in [0.29, 0.717) is 5.56 Å². The van der Waals surface area contributed by atoms with Gasteiger partial charge in [0.2, 0.25) is 5.91 Å². The van der Waals surface area contributed by atoms with Crippen LogP contribution < -0.4 is 5.73 Å². The number of hydrogen-bond acceptors (Lipinski definition) is 5. The van der Waals surface area contributed by atoms with Gasteiger partial charge in [0.15, 0.2) is 5.96 Å². The number of ether oxygens (including phenoxy) is 1. The lowest BCUT2D eigenvalue weighted by molar-refractivity contribution is -0.129. The number of amides is 1. The molecule has 0 aliphatic carbocycles. The third-order valence-corrected chi connectivity index (χ3v) is 4.64. The number of likely N-dealkylation sites (N-methyl/N-ethyl adjacent to an activating group) is 1. The molecule has 2 N–H and O–H groups in total. The minimum Gasteiger partial charge on any atom is -0.465 e. The second kappa shape index (κ2) is 7.00. The Labute approximate surface area is 152 Å².